The Kier molecular flexibility index (Phi) is 4.36. The van der Waals surface area contributed by atoms with Crippen molar-refractivity contribution in [3.8, 4) is 5.75 Å². The molecule has 0 saturated heterocycles. The van der Waals surface area contributed by atoms with E-state index < -0.39 is 0 Å². The maximum absolute atomic E-state index is 5.83. The van der Waals surface area contributed by atoms with E-state index in [9.17, 15) is 0 Å². The summed E-state index contributed by atoms with van der Waals surface area (Å²) in [5, 5.41) is 3.14. The SMILES string of the molecule is CNCc1ccccc1OCCn1ccnc1C. The number of hydrogen-bond acceptors (Lipinski definition) is 3. The summed E-state index contributed by atoms with van der Waals surface area (Å²) in [7, 11) is 1.94. The van der Waals surface area contributed by atoms with Gasteiger partial charge >= 0.3 is 0 Å². The van der Waals surface area contributed by atoms with Gasteiger partial charge in [-0.1, -0.05) is 18.2 Å². The summed E-state index contributed by atoms with van der Waals surface area (Å²) in [6, 6.07) is 8.11. The van der Waals surface area contributed by atoms with Crippen LogP contribution in [0.15, 0.2) is 36.7 Å². The minimum atomic E-state index is 0.651. The number of aromatic nitrogens is 2. The van der Waals surface area contributed by atoms with E-state index >= 15 is 0 Å². The lowest BCUT2D eigenvalue weighted by Gasteiger charge is -2.12. The predicted octanol–water partition coefficient (Wildman–Crippen LogP) is 1.99. The molecule has 1 aromatic carbocycles. The maximum Gasteiger partial charge on any atom is 0.123 e. The Labute approximate surface area is 108 Å². The Hall–Kier alpha value is -1.81. The summed E-state index contributed by atoms with van der Waals surface area (Å²) in [6.07, 6.45) is 3.78. The first-order valence-electron chi connectivity index (χ1n) is 6.14. The van der Waals surface area contributed by atoms with Gasteiger partial charge in [-0.05, 0) is 20.0 Å². The highest BCUT2D eigenvalue weighted by Gasteiger charge is 2.02. The highest BCUT2D eigenvalue weighted by molar-refractivity contribution is 5.33. The molecule has 0 spiro atoms. The highest BCUT2D eigenvalue weighted by atomic mass is 16.5. The van der Waals surface area contributed by atoms with E-state index in [2.05, 4.69) is 20.9 Å². The molecule has 0 aliphatic rings. The quantitative estimate of drug-likeness (QED) is 0.846. The second-order valence-electron chi connectivity index (χ2n) is 4.15. The molecule has 2 aromatic rings. The van der Waals surface area contributed by atoms with Gasteiger partial charge in [0.1, 0.15) is 18.2 Å². The largest absolute Gasteiger partial charge is 0.491 e. The molecule has 96 valence electrons. The van der Waals surface area contributed by atoms with Crippen LogP contribution in [0.5, 0.6) is 5.75 Å². The summed E-state index contributed by atoms with van der Waals surface area (Å²) in [5.74, 6) is 1.96. The van der Waals surface area contributed by atoms with Gasteiger partial charge in [-0.3, -0.25) is 0 Å². The van der Waals surface area contributed by atoms with E-state index in [0.29, 0.717) is 6.61 Å². The summed E-state index contributed by atoms with van der Waals surface area (Å²) < 4.78 is 7.91. The van der Waals surface area contributed by atoms with Crippen molar-refractivity contribution in [2.75, 3.05) is 13.7 Å². The lowest BCUT2D eigenvalue weighted by Crippen LogP contribution is -2.11. The fraction of sp³-hybridized carbons (Fsp3) is 0.357. The lowest BCUT2D eigenvalue weighted by atomic mass is 10.2. The minimum Gasteiger partial charge on any atom is -0.491 e. The van der Waals surface area contributed by atoms with Crippen molar-refractivity contribution < 1.29 is 4.74 Å². The zero-order valence-electron chi connectivity index (χ0n) is 10.9. The first-order chi connectivity index (χ1) is 8.81. The molecule has 2 rings (SSSR count). The molecule has 4 heteroatoms. The van der Waals surface area contributed by atoms with Gasteiger partial charge in [-0.2, -0.15) is 0 Å². The van der Waals surface area contributed by atoms with E-state index in [4.69, 9.17) is 4.74 Å². The number of nitrogens with zero attached hydrogens (tertiary/aromatic N) is 2. The molecule has 0 fully saturated rings. The van der Waals surface area contributed by atoms with Crippen LogP contribution in [0.1, 0.15) is 11.4 Å². The number of rotatable bonds is 6. The molecular formula is C14H19N3O. The molecule has 0 bridgehead atoms. The second-order valence-corrected chi connectivity index (χ2v) is 4.15. The normalized spacial score (nSPS) is 10.6. The molecule has 0 unspecified atom stereocenters. The molecule has 1 heterocycles. The van der Waals surface area contributed by atoms with Gasteiger partial charge in [0.2, 0.25) is 0 Å². The van der Waals surface area contributed by atoms with Crippen molar-refractivity contribution >= 4 is 0 Å². The van der Waals surface area contributed by atoms with Crippen molar-refractivity contribution in [2.24, 2.45) is 0 Å². The molecule has 4 nitrogen and oxygen atoms in total. The van der Waals surface area contributed by atoms with Crippen LogP contribution in [0.2, 0.25) is 0 Å². The number of aryl methyl sites for hydroxylation is 1. The standard InChI is InChI=1S/C14H19N3O/c1-12-16-7-8-17(12)9-10-18-14-6-4-3-5-13(14)11-15-2/h3-8,15H,9-11H2,1-2H3. The molecule has 0 aliphatic carbocycles. The number of benzene rings is 1. The van der Waals surface area contributed by atoms with Crippen molar-refractivity contribution in [1.82, 2.24) is 14.9 Å². The van der Waals surface area contributed by atoms with E-state index in [1.165, 1.54) is 5.56 Å². The van der Waals surface area contributed by atoms with Crippen molar-refractivity contribution in [2.45, 2.75) is 20.0 Å². The monoisotopic (exact) mass is 245 g/mol. The van der Waals surface area contributed by atoms with Gasteiger partial charge in [0.25, 0.3) is 0 Å². The lowest BCUT2D eigenvalue weighted by molar-refractivity contribution is 0.293. The van der Waals surface area contributed by atoms with Crippen molar-refractivity contribution in [1.29, 1.82) is 0 Å². The van der Waals surface area contributed by atoms with Crippen LogP contribution in [0.4, 0.5) is 0 Å². The van der Waals surface area contributed by atoms with E-state index in [1.807, 2.05) is 44.6 Å². The van der Waals surface area contributed by atoms with Crippen LogP contribution in [0.25, 0.3) is 0 Å². The number of para-hydroxylation sites is 1. The predicted molar refractivity (Wildman–Crippen MR) is 71.7 cm³/mol. The Bertz CT molecular complexity index is 493. The molecule has 0 radical (unpaired) electrons. The summed E-state index contributed by atoms with van der Waals surface area (Å²) in [4.78, 5) is 4.19. The molecule has 1 aromatic heterocycles. The van der Waals surface area contributed by atoms with Crippen LogP contribution in [0.3, 0.4) is 0 Å². The molecule has 0 aliphatic heterocycles. The average Bonchev–Trinajstić information content (AvgIpc) is 2.78. The number of hydrogen-bond donors (Lipinski definition) is 1. The topological polar surface area (TPSA) is 39.1 Å². The van der Waals surface area contributed by atoms with Crippen LogP contribution in [-0.2, 0) is 13.1 Å². The Morgan fingerprint density at radius 3 is 2.89 bits per heavy atom. The number of imidazole rings is 1. The first-order valence-corrected chi connectivity index (χ1v) is 6.14. The highest BCUT2D eigenvalue weighted by Crippen LogP contribution is 2.17. The second kappa shape index (κ2) is 6.21. The van der Waals surface area contributed by atoms with Gasteiger partial charge in [0.15, 0.2) is 0 Å². The number of ether oxygens (including phenoxy) is 1. The van der Waals surface area contributed by atoms with Gasteiger partial charge in [-0.15, -0.1) is 0 Å². The van der Waals surface area contributed by atoms with Crippen molar-refractivity contribution in [3.05, 3.63) is 48.0 Å². The van der Waals surface area contributed by atoms with E-state index in [0.717, 1.165) is 24.7 Å². The molecular weight excluding hydrogens is 226 g/mol. The van der Waals surface area contributed by atoms with Gasteiger partial charge in [0, 0.05) is 24.5 Å². The Morgan fingerprint density at radius 1 is 1.33 bits per heavy atom. The Morgan fingerprint density at radius 2 is 2.17 bits per heavy atom. The van der Waals surface area contributed by atoms with Crippen LogP contribution in [-0.4, -0.2) is 23.2 Å². The third kappa shape index (κ3) is 3.11. The maximum atomic E-state index is 5.83. The summed E-state index contributed by atoms with van der Waals surface area (Å²) in [6.45, 7) is 4.28. The summed E-state index contributed by atoms with van der Waals surface area (Å²) in [5.41, 5.74) is 1.18. The first kappa shape index (κ1) is 12.6. The third-order valence-corrected chi connectivity index (χ3v) is 2.85. The molecule has 0 atom stereocenters. The fourth-order valence-electron chi connectivity index (χ4n) is 1.88. The van der Waals surface area contributed by atoms with Gasteiger partial charge in [-0.25, -0.2) is 4.98 Å². The third-order valence-electron chi connectivity index (χ3n) is 2.85. The summed E-state index contributed by atoms with van der Waals surface area (Å²) >= 11 is 0. The smallest absolute Gasteiger partial charge is 0.123 e. The Balaban J connectivity index is 1.92. The molecule has 0 amide bonds. The zero-order valence-corrected chi connectivity index (χ0v) is 10.9. The fourth-order valence-corrected chi connectivity index (χ4v) is 1.88. The molecule has 0 saturated carbocycles. The number of nitrogens with one attached hydrogen (secondary N) is 1. The van der Waals surface area contributed by atoms with Crippen LogP contribution < -0.4 is 10.1 Å². The van der Waals surface area contributed by atoms with Crippen LogP contribution >= 0.6 is 0 Å². The molecule has 1 N–H and O–H groups in total. The van der Waals surface area contributed by atoms with Crippen LogP contribution in [0, 0.1) is 6.92 Å². The average molecular weight is 245 g/mol. The van der Waals surface area contributed by atoms with Gasteiger partial charge in [0.05, 0.1) is 6.54 Å². The van der Waals surface area contributed by atoms with Crippen molar-refractivity contribution in [3.63, 3.8) is 0 Å². The van der Waals surface area contributed by atoms with Gasteiger partial charge < -0.3 is 14.6 Å². The molecule has 18 heavy (non-hydrogen) atoms. The zero-order chi connectivity index (χ0) is 12.8. The van der Waals surface area contributed by atoms with E-state index in [-0.39, 0.29) is 0 Å². The van der Waals surface area contributed by atoms with E-state index in [1.54, 1.807) is 0 Å². The minimum absolute atomic E-state index is 0.651.